The highest BCUT2D eigenvalue weighted by Crippen LogP contribution is 2.30. The standard InChI is InChI=1S/C20H17Cl2N5O2/c1-10-16(12(3)29-26-10)9-27-19-17(11(2)25-27)18(22)15(8-23-19)20(28)24-14-6-4-13(21)5-7-14/h4-8H,9H2,1-3H3,(H,24,28). The number of carbonyl (C=O) groups excluding carboxylic acids is 1. The molecule has 0 saturated heterocycles. The SMILES string of the molecule is Cc1noc(C)c1Cn1nc(C)c2c(Cl)c(C(=O)Nc3ccc(Cl)cc3)cnc21. The van der Waals surface area contributed by atoms with Gasteiger partial charge in [0, 0.05) is 22.5 Å². The highest BCUT2D eigenvalue weighted by atomic mass is 35.5. The fourth-order valence-electron chi connectivity index (χ4n) is 3.15. The molecule has 3 aromatic heterocycles. The van der Waals surface area contributed by atoms with Crippen molar-refractivity contribution in [2.45, 2.75) is 27.3 Å². The Labute approximate surface area is 176 Å². The molecule has 0 atom stereocenters. The van der Waals surface area contributed by atoms with Crippen LogP contribution in [0.1, 0.15) is 33.1 Å². The number of amides is 1. The summed E-state index contributed by atoms with van der Waals surface area (Å²) in [6.45, 7) is 6.02. The molecule has 148 valence electrons. The molecular weight excluding hydrogens is 413 g/mol. The van der Waals surface area contributed by atoms with Gasteiger partial charge < -0.3 is 9.84 Å². The van der Waals surface area contributed by atoms with Crippen LogP contribution < -0.4 is 5.32 Å². The smallest absolute Gasteiger partial charge is 0.258 e. The van der Waals surface area contributed by atoms with Crippen molar-refractivity contribution < 1.29 is 9.32 Å². The predicted molar refractivity (Wildman–Crippen MR) is 112 cm³/mol. The highest BCUT2D eigenvalue weighted by molar-refractivity contribution is 6.39. The van der Waals surface area contributed by atoms with Crippen LogP contribution in [-0.4, -0.2) is 25.8 Å². The Bertz CT molecular complexity index is 1210. The molecule has 0 aliphatic rings. The Hall–Kier alpha value is -2.90. The van der Waals surface area contributed by atoms with Crippen LogP contribution >= 0.6 is 23.2 Å². The number of pyridine rings is 1. The van der Waals surface area contributed by atoms with E-state index >= 15 is 0 Å². The number of nitrogens with one attached hydrogen (secondary N) is 1. The van der Waals surface area contributed by atoms with Crippen molar-refractivity contribution in [2.24, 2.45) is 0 Å². The molecule has 7 nitrogen and oxygen atoms in total. The lowest BCUT2D eigenvalue weighted by Gasteiger charge is -2.08. The highest BCUT2D eigenvalue weighted by Gasteiger charge is 2.21. The zero-order valence-corrected chi connectivity index (χ0v) is 17.5. The summed E-state index contributed by atoms with van der Waals surface area (Å²) in [5.74, 6) is 0.374. The van der Waals surface area contributed by atoms with Gasteiger partial charge in [-0.25, -0.2) is 9.67 Å². The van der Waals surface area contributed by atoms with Crippen LogP contribution in [0.3, 0.4) is 0 Å². The fourth-order valence-corrected chi connectivity index (χ4v) is 3.63. The molecule has 0 spiro atoms. The van der Waals surface area contributed by atoms with Gasteiger partial charge >= 0.3 is 0 Å². The van der Waals surface area contributed by atoms with Gasteiger partial charge in [-0.3, -0.25) is 4.79 Å². The first-order valence-electron chi connectivity index (χ1n) is 8.85. The minimum atomic E-state index is -0.357. The number of rotatable bonds is 4. The molecule has 0 aliphatic heterocycles. The summed E-state index contributed by atoms with van der Waals surface area (Å²) in [6, 6.07) is 6.83. The number of hydrogen-bond donors (Lipinski definition) is 1. The minimum Gasteiger partial charge on any atom is -0.361 e. The Kier molecular flexibility index (Phi) is 5.02. The summed E-state index contributed by atoms with van der Waals surface area (Å²) in [6.07, 6.45) is 1.46. The zero-order valence-electron chi connectivity index (χ0n) is 16.0. The van der Waals surface area contributed by atoms with Crippen LogP contribution in [0.25, 0.3) is 11.0 Å². The van der Waals surface area contributed by atoms with Crippen LogP contribution in [0.4, 0.5) is 5.69 Å². The molecule has 0 fully saturated rings. The number of fused-ring (bicyclic) bond motifs is 1. The van der Waals surface area contributed by atoms with Crippen molar-refractivity contribution in [3.8, 4) is 0 Å². The van der Waals surface area contributed by atoms with Crippen molar-refractivity contribution in [2.75, 3.05) is 5.32 Å². The van der Waals surface area contributed by atoms with E-state index in [0.29, 0.717) is 39.0 Å². The maximum Gasteiger partial charge on any atom is 0.258 e. The van der Waals surface area contributed by atoms with Gasteiger partial charge in [0.05, 0.1) is 33.9 Å². The van der Waals surface area contributed by atoms with Crippen molar-refractivity contribution >= 4 is 45.8 Å². The summed E-state index contributed by atoms with van der Waals surface area (Å²) in [5, 5.41) is 12.9. The Morgan fingerprint density at radius 3 is 2.52 bits per heavy atom. The number of benzene rings is 1. The number of aromatic nitrogens is 4. The summed E-state index contributed by atoms with van der Waals surface area (Å²) in [4.78, 5) is 17.2. The summed E-state index contributed by atoms with van der Waals surface area (Å²) in [5.41, 5.74) is 3.90. The molecule has 0 bridgehead atoms. The lowest BCUT2D eigenvalue weighted by Crippen LogP contribution is -2.13. The first kappa shape index (κ1) is 19.4. The quantitative estimate of drug-likeness (QED) is 0.495. The van der Waals surface area contributed by atoms with Crippen molar-refractivity contribution in [1.82, 2.24) is 19.9 Å². The number of halogens is 2. The van der Waals surface area contributed by atoms with Crippen LogP contribution in [0.5, 0.6) is 0 Å². The summed E-state index contributed by atoms with van der Waals surface area (Å²) < 4.78 is 6.97. The van der Waals surface area contributed by atoms with E-state index in [1.165, 1.54) is 6.20 Å². The first-order chi connectivity index (χ1) is 13.8. The molecule has 3 heterocycles. The lowest BCUT2D eigenvalue weighted by molar-refractivity contribution is 0.102. The number of anilines is 1. The maximum absolute atomic E-state index is 12.7. The lowest BCUT2D eigenvalue weighted by atomic mass is 10.2. The van der Waals surface area contributed by atoms with E-state index in [-0.39, 0.29) is 11.5 Å². The Morgan fingerprint density at radius 2 is 1.86 bits per heavy atom. The Balaban J connectivity index is 1.70. The fraction of sp³-hybridized carbons (Fsp3) is 0.200. The van der Waals surface area contributed by atoms with Crippen molar-refractivity contribution in [1.29, 1.82) is 0 Å². The van der Waals surface area contributed by atoms with E-state index in [1.807, 2.05) is 20.8 Å². The van der Waals surface area contributed by atoms with Gasteiger partial charge in [-0.15, -0.1) is 0 Å². The van der Waals surface area contributed by atoms with Gasteiger partial charge in [0.15, 0.2) is 5.65 Å². The van der Waals surface area contributed by atoms with Gasteiger partial charge in [0.25, 0.3) is 5.91 Å². The van der Waals surface area contributed by atoms with Crippen molar-refractivity contribution in [3.63, 3.8) is 0 Å². The maximum atomic E-state index is 12.7. The van der Waals surface area contributed by atoms with Crippen LogP contribution in [0.2, 0.25) is 10.0 Å². The first-order valence-corrected chi connectivity index (χ1v) is 9.61. The van der Waals surface area contributed by atoms with Gasteiger partial charge in [-0.1, -0.05) is 28.4 Å². The molecule has 29 heavy (non-hydrogen) atoms. The molecule has 4 rings (SSSR count). The third kappa shape index (κ3) is 3.59. The van der Waals surface area contributed by atoms with E-state index in [0.717, 1.165) is 17.0 Å². The summed E-state index contributed by atoms with van der Waals surface area (Å²) >= 11 is 12.5. The number of carbonyl (C=O) groups is 1. The molecule has 0 saturated carbocycles. The van der Waals surface area contributed by atoms with E-state index in [4.69, 9.17) is 27.7 Å². The number of nitrogens with zero attached hydrogens (tertiary/aromatic N) is 4. The third-order valence-corrected chi connectivity index (χ3v) is 5.35. The van der Waals surface area contributed by atoms with E-state index in [9.17, 15) is 4.79 Å². The van der Waals surface area contributed by atoms with Crippen LogP contribution in [0.15, 0.2) is 35.0 Å². The second kappa shape index (κ2) is 7.50. The van der Waals surface area contributed by atoms with Crippen LogP contribution in [-0.2, 0) is 6.54 Å². The molecular formula is C20H17Cl2N5O2. The normalized spacial score (nSPS) is 11.2. The topological polar surface area (TPSA) is 85.8 Å². The number of hydrogen-bond acceptors (Lipinski definition) is 5. The van der Waals surface area contributed by atoms with Gasteiger partial charge in [0.1, 0.15) is 5.76 Å². The van der Waals surface area contributed by atoms with Gasteiger partial charge in [0.2, 0.25) is 0 Å². The summed E-state index contributed by atoms with van der Waals surface area (Å²) in [7, 11) is 0. The van der Waals surface area contributed by atoms with E-state index < -0.39 is 0 Å². The second-order valence-corrected chi connectivity index (χ2v) is 7.51. The van der Waals surface area contributed by atoms with Gasteiger partial charge in [-0.05, 0) is 45.0 Å². The molecule has 1 aromatic carbocycles. The van der Waals surface area contributed by atoms with E-state index in [1.54, 1.807) is 28.9 Å². The molecule has 1 amide bonds. The molecule has 0 aliphatic carbocycles. The monoisotopic (exact) mass is 429 g/mol. The second-order valence-electron chi connectivity index (χ2n) is 6.69. The molecule has 1 N–H and O–H groups in total. The molecule has 4 aromatic rings. The predicted octanol–water partition coefficient (Wildman–Crippen LogP) is 4.95. The molecule has 0 radical (unpaired) electrons. The average Bonchev–Trinajstić information content (AvgIpc) is 3.18. The largest absolute Gasteiger partial charge is 0.361 e. The number of aryl methyl sites for hydroxylation is 3. The minimum absolute atomic E-state index is 0.272. The zero-order chi connectivity index (χ0) is 20.7. The molecule has 9 heteroatoms. The average molecular weight is 430 g/mol. The Morgan fingerprint density at radius 1 is 1.14 bits per heavy atom. The van der Waals surface area contributed by atoms with Crippen molar-refractivity contribution in [3.05, 3.63) is 68.8 Å². The van der Waals surface area contributed by atoms with Crippen LogP contribution in [0, 0.1) is 20.8 Å². The molecule has 0 unspecified atom stereocenters. The third-order valence-electron chi connectivity index (χ3n) is 4.71. The van der Waals surface area contributed by atoms with Gasteiger partial charge in [-0.2, -0.15) is 5.10 Å². The van der Waals surface area contributed by atoms with E-state index in [2.05, 4.69) is 20.6 Å².